The van der Waals surface area contributed by atoms with E-state index in [0.29, 0.717) is 18.1 Å². The van der Waals surface area contributed by atoms with Crippen molar-refractivity contribution in [2.75, 3.05) is 6.61 Å². The van der Waals surface area contributed by atoms with Crippen LogP contribution in [0.5, 0.6) is 0 Å². The number of esters is 1. The number of ether oxygens (including phenoxy) is 1. The summed E-state index contributed by atoms with van der Waals surface area (Å²) >= 11 is 0. The zero-order valence-electron chi connectivity index (χ0n) is 13.3. The predicted molar refractivity (Wildman–Crippen MR) is 84.9 cm³/mol. The molecule has 0 amide bonds. The number of aliphatic hydroxyl groups is 1. The summed E-state index contributed by atoms with van der Waals surface area (Å²) in [6.45, 7) is 4.75. The molecule has 0 heterocycles. The molecular weight excluding hydrogens is 264 g/mol. The average molecular weight is 292 g/mol. The Hall–Kier alpha value is -1.35. The van der Waals surface area contributed by atoms with E-state index in [1.54, 1.807) is 24.3 Å². The number of unbranched alkanes of at least 4 members (excludes halogenated alkanes) is 2. The summed E-state index contributed by atoms with van der Waals surface area (Å²) in [5.41, 5.74) is 0.584. The molecule has 1 N–H and O–H groups in total. The number of hydrogen-bond donors (Lipinski definition) is 1. The number of carbonyl (C=O) groups is 1. The number of aliphatic hydroxyl groups excluding tert-OH is 1. The first-order valence-corrected chi connectivity index (χ1v) is 8.08. The highest BCUT2D eigenvalue weighted by molar-refractivity contribution is 5.76. The van der Waals surface area contributed by atoms with Gasteiger partial charge in [0.2, 0.25) is 0 Å². The van der Waals surface area contributed by atoms with Gasteiger partial charge in [0.05, 0.1) is 6.61 Å². The summed E-state index contributed by atoms with van der Waals surface area (Å²) in [4.78, 5) is 11.9. The van der Waals surface area contributed by atoms with Crippen LogP contribution >= 0.6 is 0 Å². The van der Waals surface area contributed by atoms with E-state index in [4.69, 9.17) is 4.74 Å². The molecule has 1 aromatic carbocycles. The molecule has 0 bridgehead atoms. The van der Waals surface area contributed by atoms with E-state index in [9.17, 15) is 9.90 Å². The van der Waals surface area contributed by atoms with Crippen LogP contribution in [-0.2, 0) is 9.53 Å². The second kappa shape index (κ2) is 10.4. The lowest BCUT2D eigenvalue weighted by Crippen LogP contribution is -2.20. The van der Waals surface area contributed by atoms with Gasteiger partial charge in [0.25, 0.3) is 0 Å². The van der Waals surface area contributed by atoms with E-state index < -0.39 is 12.1 Å². The maximum atomic E-state index is 11.9. The first kappa shape index (κ1) is 17.7. The molecule has 0 aliphatic heterocycles. The normalized spacial score (nSPS) is 13.7. The van der Waals surface area contributed by atoms with E-state index in [0.717, 1.165) is 19.3 Å². The number of rotatable bonds is 10. The average Bonchev–Trinajstić information content (AvgIpc) is 2.52. The molecule has 21 heavy (non-hydrogen) atoms. The van der Waals surface area contributed by atoms with Crippen molar-refractivity contribution in [3.05, 3.63) is 35.9 Å². The van der Waals surface area contributed by atoms with Crippen LogP contribution in [0.25, 0.3) is 0 Å². The van der Waals surface area contributed by atoms with E-state index in [2.05, 4.69) is 13.8 Å². The highest BCUT2D eigenvalue weighted by Gasteiger charge is 2.20. The molecule has 0 saturated carbocycles. The summed E-state index contributed by atoms with van der Waals surface area (Å²) < 4.78 is 5.31. The summed E-state index contributed by atoms with van der Waals surface area (Å²) in [5, 5.41) is 9.97. The minimum atomic E-state index is -1.18. The Morgan fingerprint density at radius 2 is 1.81 bits per heavy atom. The maximum absolute atomic E-state index is 11.9. The molecule has 2 atom stereocenters. The van der Waals surface area contributed by atoms with Gasteiger partial charge in [-0.05, 0) is 24.3 Å². The second-order valence-corrected chi connectivity index (χ2v) is 5.59. The molecule has 0 saturated heterocycles. The van der Waals surface area contributed by atoms with Gasteiger partial charge in [-0.15, -0.1) is 0 Å². The summed E-state index contributed by atoms with van der Waals surface area (Å²) in [7, 11) is 0. The fourth-order valence-electron chi connectivity index (χ4n) is 2.45. The molecule has 3 heteroatoms. The van der Waals surface area contributed by atoms with Gasteiger partial charge in [-0.25, -0.2) is 4.79 Å². The lowest BCUT2D eigenvalue weighted by molar-refractivity contribution is -0.155. The largest absolute Gasteiger partial charge is 0.463 e. The highest BCUT2D eigenvalue weighted by atomic mass is 16.5. The number of benzene rings is 1. The van der Waals surface area contributed by atoms with Gasteiger partial charge in [0, 0.05) is 0 Å². The Morgan fingerprint density at radius 1 is 1.10 bits per heavy atom. The van der Waals surface area contributed by atoms with E-state index in [-0.39, 0.29) is 0 Å². The van der Waals surface area contributed by atoms with Crippen LogP contribution in [0.4, 0.5) is 0 Å². The quantitative estimate of drug-likeness (QED) is 0.518. The highest BCUT2D eigenvalue weighted by Crippen LogP contribution is 2.19. The fourth-order valence-corrected chi connectivity index (χ4v) is 2.45. The Labute approximate surface area is 128 Å². The van der Waals surface area contributed by atoms with Crippen molar-refractivity contribution in [3.8, 4) is 0 Å². The van der Waals surface area contributed by atoms with Crippen molar-refractivity contribution >= 4 is 5.97 Å². The summed E-state index contributed by atoms with van der Waals surface area (Å²) in [6.07, 6.45) is 5.68. The zero-order chi connectivity index (χ0) is 15.5. The number of carbonyl (C=O) groups excluding carboxylic acids is 1. The molecule has 0 spiro atoms. The van der Waals surface area contributed by atoms with Crippen LogP contribution in [0.3, 0.4) is 0 Å². The standard InChI is InChI=1S/C18H28O3/c1-3-5-7-11-15(10-4-2)14-21-18(20)17(19)16-12-8-6-9-13-16/h6,8-9,12-13,15,17,19H,3-5,7,10-11,14H2,1-2H3. The third kappa shape index (κ3) is 6.76. The second-order valence-electron chi connectivity index (χ2n) is 5.59. The maximum Gasteiger partial charge on any atom is 0.339 e. The van der Waals surface area contributed by atoms with Crippen molar-refractivity contribution < 1.29 is 14.6 Å². The molecular formula is C18H28O3. The Balaban J connectivity index is 2.41. The fraction of sp³-hybridized carbons (Fsp3) is 0.611. The monoisotopic (exact) mass is 292 g/mol. The van der Waals surface area contributed by atoms with Crippen molar-refractivity contribution in [1.82, 2.24) is 0 Å². The molecule has 1 aromatic rings. The molecule has 3 nitrogen and oxygen atoms in total. The van der Waals surface area contributed by atoms with Gasteiger partial charge in [-0.1, -0.05) is 69.9 Å². The van der Waals surface area contributed by atoms with Crippen molar-refractivity contribution in [2.24, 2.45) is 5.92 Å². The van der Waals surface area contributed by atoms with Crippen LogP contribution in [0.1, 0.15) is 64.0 Å². The van der Waals surface area contributed by atoms with Crippen molar-refractivity contribution in [1.29, 1.82) is 0 Å². The Bertz CT molecular complexity index is 389. The van der Waals surface area contributed by atoms with Gasteiger partial charge in [0.15, 0.2) is 6.10 Å². The molecule has 1 rings (SSSR count). The molecule has 0 aliphatic rings. The van der Waals surface area contributed by atoms with Crippen LogP contribution in [0.2, 0.25) is 0 Å². The van der Waals surface area contributed by atoms with Gasteiger partial charge >= 0.3 is 5.97 Å². The summed E-state index contributed by atoms with van der Waals surface area (Å²) in [5.74, 6) is -0.133. The van der Waals surface area contributed by atoms with E-state index in [1.807, 2.05) is 6.07 Å². The Morgan fingerprint density at radius 3 is 2.43 bits per heavy atom. The molecule has 0 aromatic heterocycles. The third-order valence-corrected chi connectivity index (χ3v) is 3.71. The topological polar surface area (TPSA) is 46.5 Å². The zero-order valence-corrected chi connectivity index (χ0v) is 13.3. The summed E-state index contributed by atoms with van der Waals surface area (Å²) in [6, 6.07) is 8.92. The minimum absolute atomic E-state index is 0.411. The number of hydrogen-bond acceptors (Lipinski definition) is 3. The lowest BCUT2D eigenvalue weighted by atomic mass is 9.97. The molecule has 118 valence electrons. The molecule has 0 aliphatic carbocycles. The molecule has 0 radical (unpaired) electrons. The van der Waals surface area contributed by atoms with Gasteiger partial charge in [-0.2, -0.15) is 0 Å². The van der Waals surface area contributed by atoms with Crippen molar-refractivity contribution in [2.45, 2.75) is 58.5 Å². The van der Waals surface area contributed by atoms with Crippen LogP contribution < -0.4 is 0 Å². The smallest absolute Gasteiger partial charge is 0.339 e. The third-order valence-electron chi connectivity index (χ3n) is 3.71. The first-order chi connectivity index (χ1) is 10.2. The SMILES string of the molecule is CCCCCC(CCC)COC(=O)C(O)c1ccccc1. The molecule has 0 fully saturated rings. The first-order valence-electron chi connectivity index (χ1n) is 8.08. The lowest BCUT2D eigenvalue weighted by Gasteiger charge is -2.17. The van der Waals surface area contributed by atoms with Gasteiger partial charge in [0.1, 0.15) is 0 Å². The van der Waals surface area contributed by atoms with E-state index >= 15 is 0 Å². The Kier molecular flexibility index (Phi) is 8.76. The predicted octanol–water partition coefficient (Wildman–Crippen LogP) is 4.26. The van der Waals surface area contributed by atoms with Crippen LogP contribution in [0, 0.1) is 5.92 Å². The van der Waals surface area contributed by atoms with Crippen LogP contribution in [-0.4, -0.2) is 17.7 Å². The van der Waals surface area contributed by atoms with Crippen LogP contribution in [0.15, 0.2) is 30.3 Å². The van der Waals surface area contributed by atoms with Crippen molar-refractivity contribution in [3.63, 3.8) is 0 Å². The molecule has 2 unspecified atom stereocenters. The van der Waals surface area contributed by atoms with Gasteiger partial charge < -0.3 is 9.84 Å². The minimum Gasteiger partial charge on any atom is -0.463 e. The van der Waals surface area contributed by atoms with Gasteiger partial charge in [-0.3, -0.25) is 0 Å². The van der Waals surface area contributed by atoms with E-state index in [1.165, 1.54) is 19.3 Å².